The van der Waals surface area contributed by atoms with E-state index >= 15 is 0 Å². The zero-order valence-electron chi connectivity index (χ0n) is 8.92. The van der Waals surface area contributed by atoms with Crippen molar-refractivity contribution in [1.29, 1.82) is 0 Å². The van der Waals surface area contributed by atoms with Gasteiger partial charge in [-0.3, -0.25) is 4.68 Å². The Balaban J connectivity index is 2.49. The fraction of sp³-hybridized carbons (Fsp3) is 0.273. The van der Waals surface area contributed by atoms with Gasteiger partial charge in [0, 0.05) is 17.3 Å². The van der Waals surface area contributed by atoms with Crippen LogP contribution in [0.2, 0.25) is 0 Å². The summed E-state index contributed by atoms with van der Waals surface area (Å²) in [7, 11) is 0. The van der Waals surface area contributed by atoms with Crippen LogP contribution in [-0.4, -0.2) is 20.9 Å². The third-order valence-corrected chi connectivity index (χ3v) is 2.54. The fourth-order valence-corrected chi connectivity index (χ4v) is 1.70. The first kappa shape index (κ1) is 10.5. The van der Waals surface area contributed by atoms with Gasteiger partial charge in [0.25, 0.3) is 0 Å². The summed E-state index contributed by atoms with van der Waals surface area (Å²) in [5, 5.41) is 14.1. The van der Waals surface area contributed by atoms with E-state index in [1.807, 2.05) is 6.92 Å². The average Bonchev–Trinajstić information content (AvgIpc) is 2.60. The molecule has 0 aliphatic carbocycles. The molecule has 0 aliphatic heterocycles. The summed E-state index contributed by atoms with van der Waals surface area (Å²) < 4.78 is 1.48. The molecule has 0 spiro atoms. The van der Waals surface area contributed by atoms with Crippen LogP contribution in [0.15, 0.2) is 24.4 Å². The van der Waals surface area contributed by atoms with E-state index < -0.39 is 12.0 Å². The van der Waals surface area contributed by atoms with Crippen LogP contribution in [0.4, 0.5) is 5.69 Å². The molecule has 2 aromatic rings. The van der Waals surface area contributed by atoms with Crippen LogP contribution >= 0.6 is 0 Å². The molecule has 0 bridgehead atoms. The van der Waals surface area contributed by atoms with E-state index in [0.29, 0.717) is 12.1 Å². The third-order valence-electron chi connectivity index (χ3n) is 2.54. The minimum absolute atomic E-state index is 0.499. The zero-order chi connectivity index (χ0) is 11.7. The van der Waals surface area contributed by atoms with Crippen molar-refractivity contribution in [3.63, 3.8) is 0 Å². The second kappa shape index (κ2) is 3.84. The number of fused-ring (bicyclic) bond motifs is 1. The Bertz CT molecular complexity index is 533. The van der Waals surface area contributed by atoms with Crippen molar-refractivity contribution in [1.82, 2.24) is 9.78 Å². The van der Waals surface area contributed by atoms with Crippen molar-refractivity contribution >= 4 is 22.6 Å². The largest absolute Gasteiger partial charge is 0.480 e. The molecule has 1 unspecified atom stereocenters. The Labute approximate surface area is 92.5 Å². The van der Waals surface area contributed by atoms with Gasteiger partial charge in [-0.2, -0.15) is 5.10 Å². The summed E-state index contributed by atoms with van der Waals surface area (Å²) >= 11 is 0. The topological polar surface area (TPSA) is 81.1 Å². The molecule has 84 valence electrons. The van der Waals surface area contributed by atoms with Gasteiger partial charge >= 0.3 is 5.97 Å². The SMILES string of the molecule is CCC(C(=O)O)n1cc2cc(N)ccc2n1. The molecule has 1 heterocycles. The Morgan fingerprint density at radius 2 is 2.38 bits per heavy atom. The number of rotatable bonds is 3. The summed E-state index contributed by atoms with van der Waals surface area (Å²) in [5.41, 5.74) is 7.05. The molecule has 3 N–H and O–H groups in total. The lowest BCUT2D eigenvalue weighted by atomic mass is 10.2. The Morgan fingerprint density at radius 1 is 1.62 bits per heavy atom. The van der Waals surface area contributed by atoms with Gasteiger partial charge in [0.15, 0.2) is 0 Å². The van der Waals surface area contributed by atoms with Gasteiger partial charge in [-0.25, -0.2) is 4.79 Å². The molecule has 0 amide bonds. The van der Waals surface area contributed by atoms with E-state index in [1.54, 1.807) is 24.4 Å². The van der Waals surface area contributed by atoms with Crippen molar-refractivity contribution in [2.45, 2.75) is 19.4 Å². The Morgan fingerprint density at radius 3 is 3.00 bits per heavy atom. The van der Waals surface area contributed by atoms with Crippen LogP contribution in [0.1, 0.15) is 19.4 Å². The van der Waals surface area contributed by atoms with Gasteiger partial charge in [-0.15, -0.1) is 0 Å². The van der Waals surface area contributed by atoms with Gasteiger partial charge in [-0.05, 0) is 24.6 Å². The predicted molar refractivity (Wildman–Crippen MR) is 61.1 cm³/mol. The maximum Gasteiger partial charge on any atom is 0.328 e. The summed E-state index contributed by atoms with van der Waals surface area (Å²) in [6, 6.07) is 4.71. The maximum atomic E-state index is 11.0. The maximum absolute atomic E-state index is 11.0. The number of carbonyl (C=O) groups is 1. The minimum Gasteiger partial charge on any atom is -0.480 e. The summed E-state index contributed by atoms with van der Waals surface area (Å²) in [4.78, 5) is 11.0. The van der Waals surface area contributed by atoms with Crippen molar-refractivity contribution < 1.29 is 9.90 Å². The molecule has 1 aromatic carbocycles. The summed E-state index contributed by atoms with van der Waals surface area (Å²) in [6.45, 7) is 1.82. The van der Waals surface area contributed by atoms with Gasteiger partial charge in [0.05, 0.1) is 5.52 Å². The first-order chi connectivity index (χ1) is 7.61. The highest BCUT2D eigenvalue weighted by atomic mass is 16.4. The van der Waals surface area contributed by atoms with Crippen LogP contribution in [0, 0.1) is 0 Å². The second-order valence-electron chi connectivity index (χ2n) is 3.69. The lowest BCUT2D eigenvalue weighted by Crippen LogP contribution is -2.18. The first-order valence-electron chi connectivity index (χ1n) is 5.09. The highest BCUT2D eigenvalue weighted by molar-refractivity contribution is 5.82. The molecule has 16 heavy (non-hydrogen) atoms. The molecule has 1 atom stereocenters. The van der Waals surface area contributed by atoms with Crippen molar-refractivity contribution in [3.8, 4) is 0 Å². The Kier molecular flexibility index (Phi) is 2.52. The second-order valence-corrected chi connectivity index (χ2v) is 3.69. The standard InChI is InChI=1S/C11H13N3O2/c1-2-10(11(15)16)14-6-7-5-8(12)3-4-9(7)13-14/h3-6,10H,2,12H2,1H3,(H,15,16). The molecular formula is C11H13N3O2. The quantitative estimate of drug-likeness (QED) is 0.769. The Hall–Kier alpha value is -2.04. The van der Waals surface area contributed by atoms with Crippen LogP contribution in [-0.2, 0) is 4.79 Å². The van der Waals surface area contributed by atoms with E-state index in [-0.39, 0.29) is 0 Å². The van der Waals surface area contributed by atoms with E-state index in [2.05, 4.69) is 5.10 Å². The lowest BCUT2D eigenvalue weighted by molar-refractivity contribution is -0.141. The van der Waals surface area contributed by atoms with Crippen LogP contribution in [0.3, 0.4) is 0 Å². The normalized spacial score (nSPS) is 12.8. The molecule has 0 saturated heterocycles. The molecule has 5 heteroatoms. The number of aromatic nitrogens is 2. The van der Waals surface area contributed by atoms with Crippen molar-refractivity contribution in [3.05, 3.63) is 24.4 Å². The van der Waals surface area contributed by atoms with Crippen LogP contribution in [0.5, 0.6) is 0 Å². The number of aliphatic carboxylic acids is 1. The number of anilines is 1. The number of hydrogen-bond donors (Lipinski definition) is 2. The van der Waals surface area contributed by atoms with Crippen LogP contribution in [0.25, 0.3) is 10.9 Å². The van der Waals surface area contributed by atoms with Crippen molar-refractivity contribution in [2.75, 3.05) is 5.73 Å². The molecule has 1 aromatic heterocycles. The van der Waals surface area contributed by atoms with Gasteiger partial charge in [0.1, 0.15) is 6.04 Å². The number of nitrogens with zero attached hydrogens (tertiary/aromatic N) is 2. The monoisotopic (exact) mass is 219 g/mol. The van der Waals surface area contributed by atoms with E-state index in [0.717, 1.165) is 10.9 Å². The number of benzene rings is 1. The average molecular weight is 219 g/mol. The molecular weight excluding hydrogens is 206 g/mol. The number of carboxylic acid groups (broad SMARTS) is 1. The van der Waals surface area contributed by atoms with E-state index in [1.165, 1.54) is 4.68 Å². The first-order valence-corrected chi connectivity index (χ1v) is 5.09. The van der Waals surface area contributed by atoms with Gasteiger partial charge < -0.3 is 10.8 Å². The molecule has 5 nitrogen and oxygen atoms in total. The van der Waals surface area contributed by atoms with E-state index in [4.69, 9.17) is 10.8 Å². The lowest BCUT2D eigenvalue weighted by Gasteiger charge is -2.08. The highest BCUT2D eigenvalue weighted by Gasteiger charge is 2.18. The summed E-state index contributed by atoms with van der Waals surface area (Å²) in [6.07, 6.45) is 2.22. The molecule has 0 fully saturated rings. The van der Waals surface area contributed by atoms with Crippen molar-refractivity contribution in [2.24, 2.45) is 0 Å². The smallest absolute Gasteiger partial charge is 0.328 e. The number of nitrogen functional groups attached to an aromatic ring is 1. The molecule has 0 radical (unpaired) electrons. The molecule has 2 rings (SSSR count). The fourth-order valence-electron chi connectivity index (χ4n) is 1.70. The van der Waals surface area contributed by atoms with E-state index in [9.17, 15) is 4.79 Å². The number of nitrogens with two attached hydrogens (primary N) is 1. The zero-order valence-corrected chi connectivity index (χ0v) is 8.92. The highest BCUT2D eigenvalue weighted by Crippen LogP contribution is 2.19. The summed E-state index contributed by atoms with van der Waals surface area (Å²) in [5.74, 6) is -0.872. The number of hydrogen-bond acceptors (Lipinski definition) is 3. The number of carboxylic acids is 1. The third kappa shape index (κ3) is 1.71. The van der Waals surface area contributed by atoms with Gasteiger partial charge in [-0.1, -0.05) is 6.92 Å². The van der Waals surface area contributed by atoms with Crippen LogP contribution < -0.4 is 5.73 Å². The molecule has 0 saturated carbocycles. The molecule has 0 aliphatic rings. The minimum atomic E-state index is -0.872. The van der Waals surface area contributed by atoms with Gasteiger partial charge in [0.2, 0.25) is 0 Å². The predicted octanol–water partition coefficient (Wildman–Crippen LogP) is 1.65.